The summed E-state index contributed by atoms with van der Waals surface area (Å²) in [5.41, 5.74) is 0. The van der Waals surface area contributed by atoms with Crippen LogP contribution in [0.5, 0.6) is 0 Å². The Kier molecular flexibility index (Phi) is 8.73. The van der Waals surface area contributed by atoms with Crippen LogP contribution in [0, 0.1) is 0 Å². The van der Waals surface area contributed by atoms with Gasteiger partial charge in [0.05, 0.1) is 53.6 Å². The molecule has 7 nitrogen and oxygen atoms in total. The second kappa shape index (κ2) is 9.95. The van der Waals surface area contributed by atoms with Gasteiger partial charge in [-0.25, -0.2) is 0 Å². The molecule has 4 N–H and O–H groups in total. The van der Waals surface area contributed by atoms with Gasteiger partial charge in [-0.3, -0.25) is 0 Å². The molecule has 0 aromatic rings. The topological polar surface area (TPSA) is 67.0 Å². The Bertz CT molecular complexity index is 493. The summed E-state index contributed by atoms with van der Waals surface area (Å²) >= 11 is 7.87. The normalized spacial score (nSPS) is 39.1. The first kappa shape index (κ1) is 22.8. The summed E-state index contributed by atoms with van der Waals surface area (Å²) in [6.07, 6.45) is 6.40. The van der Waals surface area contributed by atoms with Gasteiger partial charge < -0.3 is 0 Å². The molecule has 0 aromatic heterocycles. The van der Waals surface area contributed by atoms with Crippen LogP contribution in [-0.4, -0.2) is 84.8 Å². The highest BCUT2D eigenvalue weighted by molar-refractivity contribution is 8.68. The molecule has 2 unspecified atom stereocenters. The van der Waals surface area contributed by atoms with E-state index in [9.17, 15) is 0 Å². The molecule has 2 atom stereocenters. The second-order valence-electron chi connectivity index (χ2n) is 6.17. The average Bonchev–Trinajstić information content (AvgIpc) is 3.11. The minimum absolute atomic E-state index is 0.950. The standard InChI is InChI=1S/C12H31N7P3S4/c1-18-7-11-25-21(18)15-20(13-5-9-23-3,14-6-10-24-4)16-22(17-21)19(2)8-12-26-22/h5,14-17H,6-12H2,1-4H3/q+3. The molecule has 0 aliphatic carbocycles. The molecule has 0 amide bonds. The first-order valence-corrected chi connectivity index (χ1v) is 19.7. The van der Waals surface area contributed by atoms with Crippen LogP contribution >= 0.6 is 68.0 Å². The van der Waals surface area contributed by atoms with Crippen molar-refractivity contribution in [2.24, 2.45) is 4.76 Å². The summed E-state index contributed by atoms with van der Waals surface area (Å²) in [7, 11) is 2.48. The zero-order chi connectivity index (χ0) is 18.7. The Labute approximate surface area is 176 Å². The quantitative estimate of drug-likeness (QED) is 0.240. The van der Waals surface area contributed by atoms with Crippen LogP contribution in [0.2, 0.25) is 0 Å². The molecule has 0 bridgehead atoms. The molecule has 3 saturated heterocycles. The smallest absolute Gasteiger partial charge is 0.164 e. The van der Waals surface area contributed by atoms with Gasteiger partial charge >= 0.3 is 21.7 Å². The highest BCUT2D eigenvalue weighted by Gasteiger charge is 2.78. The van der Waals surface area contributed by atoms with E-state index < -0.39 is 21.7 Å². The fourth-order valence-electron chi connectivity index (χ4n) is 2.86. The van der Waals surface area contributed by atoms with E-state index in [0.717, 1.165) is 31.1 Å². The Morgan fingerprint density at radius 2 is 1.65 bits per heavy atom. The molecule has 0 saturated carbocycles. The van der Waals surface area contributed by atoms with Gasteiger partial charge in [0.2, 0.25) is 0 Å². The zero-order valence-corrected chi connectivity index (χ0v) is 21.8. The second-order valence-corrected chi connectivity index (χ2v) is 22.0. The van der Waals surface area contributed by atoms with E-state index in [1.54, 1.807) is 0 Å². The van der Waals surface area contributed by atoms with Gasteiger partial charge in [0.15, 0.2) is 0 Å². The lowest BCUT2D eigenvalue weighted by Crippen LogP contribution is -2.50. The van der Waals surface area contributed by atoms with Crippen molar-refractivity contribution >= 4 is 74.2 Å². The monoisotopic (exact) mass is 494 g/mol. The summed E-state index contributed by atoms with van der Waals surface area (Å²) in [6.45, 7) is -0.109. The SMILES string of the molecule is CSCC=N[P+]1(NCCSC)N[P+]2(N[P+]3(N1)SCCN3C)SCCN2C. The molecule has 3 aliphatic rings. The molecule has 3 heterocycles. The lowest BCUT2D eigenvalue weighted by atomic mass is 10.8. The lowest BCUT2D eigenvalue weighted by Gasteiger charge is -2.38. The van der Waals surface area contributed by atoms with Crippen LogP contribution < -0.4 is 19.7 Å². The molecule has 3 aliphatic heterocycles. The molecular weight excluding hydrogens is 463 g/mol. The van der Waals surface area contributed by atoms with Crippen LogP contribution in [0.25, 0.3) is 0 Å². The van der Waals surface area contributed by atoms with Gasteiger partial charge in [0.1, 0.15) is 0 Å². The third-order valence-electron chi connectivity index (χ3n) is 4.32. The van der Waals surface area contributed by atoms with Gasteiger partial charge in [0, 0.05) is 46.7 Å². The number of thioether (sulfide) groups is 2. The predicted octanol–water partition coefficient (Wildman–Crippen LogP) is 3.55. The van der Waals surface area contributed by atoms with Crippen molar-refractivity contribution in [3.8, 4) is 0 Å². The molecule has 2 spiro atoms. The Morgan fingerprint density at radius 3 is 2.12 bits per heavy atom. The van der Waals surface area contributed by atoms with Crippen molar-refractivity contribution in [1.82, 2.24) is 29.0 Å². The molecule has 3 fully saturated rings. The molecule has 14 heteroatoms. The van der Waals surface area contributed by atoms with Gasteiger partial charge in [-0.15, -0.1) is 14.4 Å². The van der Waals surface area contributed by atoms with Crippen molar-refractivity contribution in [3.63, 3.8) is 0 Å². The first-order valence-electron chi connectivity index (χ1n) is 8.55. The zero-order valence-electron chi connectivity index (χ0n) is 15.8. The minimum Gasteiger partial charge on any atom is -0.164 e. The van der Waals surface area contributed by atoms with E-state index in [4.69, 9.17) is 4.76 Å². The minimum atomic E-state index is -2.05. The number of hydrogen-bond acceptors (Lipinski definition) is 11. The maximum Gasteiger partial charge on any atom is 0.420 e. The highest BCUT2D eigenvalue weighted by Crippen LogP contribution is 2.89. The summed E-state index contributed by atoms with van der Waals surface area (Å²) in [6, 6.07) is 0. The lowest BCUT2D eigenvalue weighted by molar-refractivity contribution is 0.569. The number of rotatable bonds is 7. The highest BCUT2D eigenvalue weighted by atomic mass is 32.8. The van der Waals surface area contributed by atoms with E-state index in [2.05, 4.69) is 84.6 Å². The number of nitrogens with one attached hydrogen (secondary N) is 4. The fraction of sp³-hybridized carbons (Fsp3) is 0.917. The van der Waals surface area contributed by atoms with Crippen LogP contribution in [0.15, 0.2) is 4.76 Å². The maximum atomic E-state index is 5.14. The number of nitrogens with zero attached hydrogens (tertiary/aromatic N) is 3. The van der Waals surface area contributed by atoms with Crippen LogP contribution in [0.4, 0.5) is 0 Å². The van der Waals surface area contributed by atoms with Gasteiger partial charge in [-0.2, -0.15) is 23.5 Å². The number of hydrogen-bond donors (Lipinski definition) is 4. The third kappa shape index (κ3) is 4.88. The molecular formula is C12H31N7P3S4+3. The summed E-state index contributed by atoms with van der Waals surface area (Å²) in [4.78, 5) is 12.2. The molecule has 26 heavy (non-hydrogen) atoms. The Hall–Kier alpha value is 2.12. The molecule has 150 valence electrons. The Balaban J connectivity index is 1.94. The first-order chi connectivity index (χ1) is 12.5. The largest absolute Gasteiger partial charge is 0.420 e. The van der Waals surface area contributed by atoms with Crippen molar-refractivity contribution < 1.29 is 0 Å². The predicted molar refractivity (Wildman–Crippen MR) is 134 cm³/mol. The Morgan fingerprint density at radius 1 is 1.04 bits per heavy atom. The van der Waals surface area contributed by atoms with Crippen LogP contribution in [0.3, 0.4) is 0 Å². The molecule has 0 aromatic carbocycles. The van der Waals surface area contributed by atoms with Crippen molar-refractivity contribution in [1.29, 1.82) is 0 Å². The van der Waals surface area contributed by atoms with Gasteiger partial charge in [-0.05, 0) is 12.5 Å². The van der Waals surface area contributed by atoms with E-state index in [1.807, 2.05) is 23.5 Å². The van der Waals surface area contributed by atoms with E-state index in [1.165, 1.54) is 11.5 Å². The summed E-state index contributed by atoms with van der Waals surface area (Å²) in [5.74, 6) is 4.40. The molecule has 3 rings (SSSR count). The van der Waals surface area contributed by atoms with E-state index >= 15 is 0 Å². The average molecular weight is 495 g/mol. The molecule has 0 radical (unpaired) electrons. The maximum absolute atomic E-state index is 5.14. The van der Waals surface area contributed by atoms with Crippen molar-refractivity contribution in [2.45, 2.75) is 0 Å². The van der Waals surface area contributed by atoms with E-state index in [-0.39, 0.29) is 0 Å². The van der Waals surface area contributed by atoms with Gasteiger partial charge in [0.25, 0.3) is 0 Å². The van der Waals surface area contributed by atoms with Crippen LogP contribution in [-0.2, 0) is 0 Å². The van der Waals surface area contributed by atoms with Crippen LogP contribution in [0.1, 0.15) is 0 Å². The van der Waals surface area contributed by atoms with Gasteiger partial charge in [-0.1, -0.05) is 4.76 Å². The van der Waals surface area contributed by atoms with Crippen molar-refractivity contribution in [3.05, 3.63) is 0 Å². The van der Waals surface area contributed by atoms with Crippen molar-refractivity contribution in [2.75, 3.05) is 69.3 Å². The summed E-state index contributed by atoms with van der Waals surface area (Å²) in [5, 5.41) is 3.83. The fourth-order valence-corrected chi connectivity index (χ4v) is 28.4. The summed E-state index contributed by atoms with van der Waals surface area (Å²) < 4.78 is 10.2. The third-order valence-corrected chi connectivity index (χ3v) is 25.0. The van der Waals surface area contributed by atoms with E-state index in [0.29, 0.717) is 0 Å².